The van der Waals surface area contributed by atoms with Crippen LogP contribution in [0, 0.1) is 0 Å². The molecule has 0 bridgehead atoms. The first-order chi connectivity index (χ1) is 39.5. The fourth-order valence-electron chi connectivity index (χ4n) is 9.71. The van der Waals surface area contributed by atoms with E-state index in [0.717, 1.165) is 109 Å². The average molecular weight is 1110 g/mol. The first kappa shape index (κ1) is 76.3. The van der Waals surface area contributed by atoms with Crippen LogP contribution in [0.25, 0.3) is 0 Å². The topological polar surface area (TPSA) is 78.9 Å². The maximum Gasteiger partial charge on any atom is 0.306 e. The Kier molecular flexibility index (Phi) is 64.7. The molecule has 0 aromatic carbocycles. The van der Waals surface area contributed by atoms with Gasteiger partial charge >= 0.3 is 17.9 Å². The van der Waals surface area contributed by atoms with Crippen molar-refractivity contribution in [3.63, 3.8) is 0 Å². The molecule has 0 heterocycles. The van der Waals surface area contributed by atoms with Gasteiger partial charge in [-0.1, -0.05) is 311 Å². The van der Waals surface area contributed by atoms with Crippen molar-refractivity contribution in [2.75, 3.05) is 13.2 Å². The molecule has 6 nitrogen and oxygen atoms in total. The number of carbonyl (C=O) groups is 3. The molecule has 0 radical (unpaired) electrons. The van der Waals surface area contributed by atoms with Crippen LogP contribution in [0.5, 0.6) is 0 Å². The second kappa shape index (κ2) is 67.8. The van der Waals surface area contributed by atoms with Crippen LogP contribution in [0.15, 0.2) is 97.2 Å². The maximum atomic E-state index is 12.9. The number of hydrogen-bond donors (Lipinski definition) is 0. The standard InChI is InChI=1S/C74H128O6/c1-4-7-10-13-16-19-21-23-25-27-29-30-31-32-33-34-35-36-37-38-39-40-41-42-43-44-45-47-48-50-52-55-58-61-64-67-73(76)79-70-71(69-78-72(75)66-63-60-57-54-18-15-12-9-6-3)80-74(77)68-65-62-59-56-53-51-49-46-28-26-24-22-20-17-14-11-8-5-2/h7,10,16,19-20,22-23,25-26,28-30,32-33,35-36,71H,4-6,8-9,11-15,17-18,21,24,27,31,34,37-70H2,1-3H3/b10-7-,19-16-,22-20-,25-23-,28-26-,30-29-,33-32-,36-35-. The van der Waals surface area contributed by atoms with Crippen LogP contribution in [-0.4, -0.2) is 37.2 Å². The van der Waals surface area contributed by atoms with E-state index in [1.54, 1.807) is 0 Å². The molecule has 460 valence electrons. The first-order valence-corrected chi connectivity index (χ1v) is 34.2. The van der Waals surface area contributed by atoms with Gasteiger partial charge in [0, 0.05) is 19.3 Å². The maximum absolute atomic E-state index is 12.9. The quantitative estimate of drug-likeness (QED) is 0.0261. The summed E-state index contributed by atoms with van der Waals surface area (Å²) in [6.07, 6.45) is 91.6. The Morgan fingerprint density at radius 2 is 0.487 bits per heavy atom. The summed E-state index contributed by atoms with van der Waals surface area (Å²) in [6.45, 7) is 6.51. The highest BCUT2D eigenvalue weighted by atomic mass is 16.6. The molecule has 0 rings (SSSR count). The molecule has 0 saturated carbocycles. The summed E-state index contributed by atoms with van der Waals surface area (Å²) < 4.78 is 16.9. The average Bonchev–Trinajstić information content (AvgIpc) is 3.46. The predicted molar refractivity (Wildman–Crippen MR) is 348 cm³/mol. The zero-order chi connectivity index (χ0) is 57.8. The molecule has 80 heavy (non-hydrogen) atoms. The van der Waals surface area contributed by atoms with Crippen molar-refractivity contribution in [2.45, 2.75) is 341 Å². The number of unbranched alkanes of at least 4 members (excludes halogenated alkanes) is 35. The Morgan fingerprint density at radius 1 is 0.263 bits per heavy atom. The Morgan fingerprint density at radius 3 is 0.775 bits per heavy atom. The Bertz CT molecular complexity index is 1560. The molecule has 0 amide bonds. The van der Waals surface area contributed by atoms with E-state index in [1.165, 1.54) is 186 Å². The number of esters is 3. The zero-order valence-corrected chi connectivity index (χ0v) is 52.8. The molecule has 0 aliphatic carbocycles. The SMILES string of the molecule is CC/C=C\C/C=C\C/C=C\C/C=C\C/C=C\C/C=C\CCCCCCCCCCCCCCCCCCC(=O)OCC(COC(=O)CCCCCCCCCCC)OC(=O)CCCCCCCCC/C=C\C/C=C\CCCCCC. The summed E-state index contributed by atoms with van der Waals surface area (Å²) in [6, 6.07) is 0. The van der Waals surface area contributed by atoms with Gasteiger partial charge in [-0.15, -0.1) is 0 Å². The minimum absolute atomic E-state index is 0.0758. The molecule has 0 aromatic heterocycles. The third-order valence-electron chi connectivity index (χ3n) is 14.8. The van der Waals surface area contributed by atoms with Crippen molar-refractivity contribution < 1.29 is 28.6 Å². The molecule has 6 heteroatoms. The Balaban J connectivity index is 4.08. The largest absolute Gasteiger partial charge is 0.462 e. The van der Waals surface area contributed by atoms with Crippen LogP contribution in [0.2, 0.25) is 0 Å². The summed E-state index contributed by atoms with van der Waals surface area (Å²) in [5, 5.41) is 0. The number of allylic oxidation sites excluding steroid dienone is 16. The highest BCUT2D eigenvalue weighted by molar-refractivity contribution is 5.71. The summed E-state index contributed by atoms with van der Waals surface area (Å²) in [5.41, 5.74) is 0. The smallest absolute Gasteiger partial charge is 0.306 e. The third kappa shape index (κ3) is 65.1. The molecule has 0 aliphatic rings. The molecule has 0 N–H and O–H groups in total. The molecular weight excluding hydrogens is 985 g/mol. The second-order valence-corrected chi connectivity index (χ2v) is 22.7. The monoisotopic (exact) mass is 1110 g/mol. The van der Waals surface area contributed by atoms with Crippen molar-refractivity contribution in [2.24, 2.45) is 0 Å². The summed E-state index contributed by atoms with van der Waals surface area (Å²) >= 11 is 0. The molecule has 0 saturated heterocycles. The highest BCUT2D eigenvalue weighted by Gasteiger charge is 2.19. The van der Waals surface area contributed by atoms with Gasteiger partial charge < -0.3 is 14.2 Å². The van der Waals surface area contributed by atoms with E-state index < -0.39 is 6.10 Å². The van der Waals surface area contributed by atoms with Gasteiger partial charge in [0.2, 0.25) is 0 Å². The molecule has 1 unspecified atom stereocenters. The van der Waals surface area contributed by atoms with Crippen molar-refractivity contribution in [3.05, 3.63) is 97.2 Å². The summed E-state index contributed by atoms with van der Waals surface area (Å²) in [5.74, 6) is -0.872. The van der Waals surface area contributed by atoms with Gasteiger partial charge in [-0.05, 0) is 103 Å². The van der Waals surface area contributed by atoms with Crippen molar-refractivity contribution in [3.8, 4) is 0 Å². The minimum atomic E-state index is -0.778. The van der Waals surface area contributed by atoms with Gasteiger partial charge in [0.05, 0.1) is 0 Å². The predicted octanol–water partition coefficient (Wildman–Crippen LogP) is 23.6. The van der Waals surface area contributed by atoms with Crippen LogP contribution in [-0.2, 0) is 28.6 Å². The lowest BCUT2D eigenvalue weighted by Gasteiger charge is -2.18. The van der Waals surface area contributed by atoms with Crippen LogP contribution >= 0.6 is 0 Å². The number of ether oxygens (including phenoxy) is 3. The summed E-state index contributed by atoms with van der Waals surface area (Å²) in [7, 11) is 0. The minimum Gasteiger partial charge on any atom is -0.462 e. The third-order valence-corrected chi connectivity index (χ3v) is 14.8. The summed E-state index contributed by atoms with van der Waals surface area (Å²) in [4.78, 5) is 38.2. The van der Waals surface area contributed by atoms with Crippen molar-refractivity contribution in [1.82, 2.24) is 0 Å². The van der Waals surface area contributed by atoms with E-state index in [1.807, 2.05) is 0 Å². The van der Waals surface area contributed by atoms with Gasteiger partial charge in [-0.3, -0.25) is 14.4 Å². The van der Waals surface area contributed by atoms with Gasteiger partial charge in [0.15, 0.2) is 6.10 Å². The van der Waals surface area contributed by atoms with Gasteiger partial charge in [-0.25, -0.2) is 0 Å². The van der Waals surface area contributed by atoms with Gasteiger partial charge in [0.1, 0.15) is 13.2 Å². The van der Waals surface area contributed by atoms with E-state index in [4.69, 9.17) is 14.2 Å². The van der Waals surface area contributed by atoms with Crippen molar-refractivity contribution >= 4 is 17.9 Å². The fraction of sp³-hybridized carbons (Fsp3) is 0.743. The van der Waals surface area contributed by atoms with E-state index >= 15 is 0 Å². The van der Waals surface area contributed by atoms with E-state index in [9.17, 15) is 14.4 Å². The van der Waals surface area contributed by atoms with Crippen LogP contribution in [0.3, 0.4) is 0 Å². The lowest BCUT2D eigenvalue weighted by atomic mass is 10.0. The second-order valence-electron chi connectivity index (χ2n) is 22.7. The van der Waals surface area contributed by atoms with E-state index in [0.29, 0.717) is 19.3 Å². The molecule has 0 aliphatic heterocycles. The molecule has 0 fully saturated rings. The molecular formula is C74H128O6. The Hall–Kier alpha value is -3.67. The molecule has 0 spiro atoms. The number of carbonyl (C=O) groups excluding carboxylic acids is 3. The van der Waals surface area contributed by atoms with Crippen LogP contribution in [0.1, 0.15) is 335 Å². The van der Waals surface area contributed by atoms with Crippen LogP contribution < -0.4 is 0 Å². The Labute approximate surface area is 496 Å². The van der Waals surface area contributed by atoms with Crippen molar-refractivity contribution in [1.29, 1.82) is 0 Å². The number of hydrogen-bond acceptors (Lipinski definition) is 6. The lowest BCUT2D eigenvalue weighted by Crippen LogP contribution is -2.30. The fourth-order valence-corrected chi connectivity index (χ4v) is 9.71. The number of rotatable bonds is 62. The highest BCUT2D eigenvalue weighted by Crippen LogP contribution is 2.17. The van der Waals surface area contributed by atoms with Gasteiger partial charge in [0.25, 0.3) is 0 Å². The van der Waals surface area contributed by atoms with Crippen LogP contribution in [0.4, 0.5) is 0 Å². The van der Waals surface area contributed by atoms with Gasteiger partial charge in [-0.2, -0.15) is 0 Å². The van der Waals surface area contributed by atoms with E-state index in [-0.39, 0.29) is 31.1 Å². The first-order valence-electron chi connectivity index (χ1n) is 34.2. The lowest BCUT2D eigenvalue weighted by molar-refractivity contribution is -0.167. The zero-order valence-electron chi connectivity index (χ0n) is 52.8. The molecule has 0 aromatic rings. The van der Waals surface area contributed by atoms with E-state index in [2.05, 4.69) is 118 Å². The molecule has 1 atom stereocenters. The normalized spacial score (nSPS) is 12.7.